The Morgan fingerprint density at radius 3 is 1.90 bits per heavy atom. The molecule has 0 spiro atoms. The molecule has 0 aromatic heterocycles. The predicted octanol–water partition coefficient (Wildman–Crippen LogP) is 2.29. The maximum absolute atomic E-state index is 12.1. The fraction of sp³-hybridized carbons (Fsp3) is 0.538. The summed E-state index contributed by atoms with van der Waals surface area (Å²) in [5, 5.41) is 0. The molecule has 7 heteroatoms. The van der Waals surface area contributed by atoms with E-state index in [2.05, 4.69) is 0 Å². The number of rotatable bonds is 3. The standard InChI is InChI=1S/C13H19BO5S/c1-10-6-8-11(9-7-10)20(15,16)19-14-17-12(2,3)13(4,5)18-14/h6-9H,1-5H3. The number of hydrogen-bond donors (Lipinski definition) is 0. The Kier molecular flexibility index (Phi) is 3.75. The molecule has 0 radical (unpaired) electrons. The van der Waals surface area contributed by atoms with E-state index in [1.807, 2.05) is 34.6 Å². The van der Waals surface area contributed by atoms with Gasteiger partial charge < -0.3 is 9.31 Å². The summed E-state index contributed by atoms with van der Waals surface area (Å²) in [7, 11) is -5.14. The summed E-state index contributed by atoms with van der Waals surface area (Å²) in [5.74, 6) is 0. The van der Waals surface area contributed by atoms with Gasteiger partial charge in [0.25, 0.3) is 10.1 Å². The Labute approximate surface area is 120 Å². The van der Waals surface area contributed by atoms with Crippen LogP contribution in [0.1, 0.15) is 33.3 Å². The van der Waals surface area contributed by atoms with Crippen LogP contribution in [0.15, 0.2) is 29.2 Å². The second kappa shape index (κ2) is 4.84. The summed E-state index contributed by atoms with van der Waals surface area (Å²) in [6.07, 6.45) is 0. The summed E-state index contributed by atoms with van der Waals surface area (Å²) >= 11 is 0. The highest BCUT2D eigenvalue weighted by Crippen LogP contribution is 2.37. The van der Waals surface area contributed by atoms with E-state index in [0.29, 0.717) is 0 Å². The van der Waals surface area contributed by atoms with Crippen molar-refractivity contribution < 1.29 is 21.8 Å². The van der Waals surface area contributed by atoms with Crippen molar-refractivity contribution in [1.82, 2.24) is 0 Å². The highest BCUT2D eigenvalue weighted by atomic mass is 32.2. The minimum Gasteiger partial charge on any atom is -0.377 e. The van der Waals surface area contributed by atoms with Crippen LogP contribution >= 0.6 is 0 Å². The van der Waals surface area contributed by atoms with Crippen molar-refractivity contribution in [1.29, 1.82) is 0 Å². The van der Waals surface area contributed by atoms with Gasteiger partial charge in [-0.1, -0.05) is 17.7 Å². The molecule has 0 amide bonds. The Balaban J connectivity index is 2.17. The summed E-state index contributed by atoms with van der Waals surface area (Å²) in [5.41, 5.74) is -0.305. The van der Waals surface area contributed by atoms with Crippen molar-refractivity contribution in [3.8, 4) is 0 Å². The van der Waals surface area contributed by atoms with Gasteiger partial charge in [0, 0.05) is 0 Å². The third-order valence-electron chi connectivity index (χ3n) is 3.75. The molecule has 0 aliphatic carbocycles. The number of benzene rings is 1. The minimum absolute atomic E-state index is 0.0813. The fourth-order valence-electron chi connectivity index (χ4n) is 1.69. The van der Waals surface area contributed by atoms with Crippen LogP contribution < -0.4 is 0 Å². The maximum atomic E-state index is 12.1. The van der Waals surface area contributed by atoms with Gasteiger partial charge in [-0.15, -0.1) is 0 Å². The van der Waals surface area contributed by atoms with Gasteiger partial charge in [-0.25, -0.2) is 0 Å². The van der Waals surface area contributed by atoms with E-state index in [9.17, 15) is 8.42 Å². The van der Waals surface area contributed by atoms with Crippen LogP contribution in [0.5, 0.6) is 0 Å². The molecule has 1 heterocycles. The lowest BCUT2D eigenvalue weighted by atomic mass is 9.90. The molecule has 0 atom stereocenters. The topological polar surface area (TPSA) is 61.8 Å². The first-order valence-electron chi connectivity index (χ1n) is 6.39. The molecule has 1 aromatic carbocycles. The van der Waals surface area contributed by atoms with E-state index in [0.717, 1.165) is 5.56 Å². The molecule has 5 nitrogen and oxygen atoms in total. The molecule has 0 N–H and O–H groups in total. The van der Waals surface area contributed by atoms with Crippen LogP contribution in [0.3, 0.4) is 0 Å². The third kappa shape index (κ3) is 2.91. The van der Waals surface area contributed by atoms with Crippen molar-refractivity contribution in [2.45, 2.75) is 50.7 Å². The van der Waals surface area contributed by atoms with E-state index in [4.69, 9.17) is 13.4 Å². The molecule has 20 heavy (non-hydrogen) atoms. The first kappa shape index (κ1) is 15.5. The summed E-state index contributed by atoms with van der Waals surface area (Å²) < 4.78 is 40.3. The first-order valence-corrected chi connectivity index (χ1v) is 7.80. The van der Waals surface area contributed by atoms with Gasteiger partial charge in [0.15, 0.2) is 0 Å². The zero-order valence-corrected chi connectivity index (χ0v) is 13.2. The molecular weight excluding hydrogens is 279 g/mol. The molecule has 0 saturated carbocycles. The molecule has 1 saturated heterocycles. The van der Waals surface area contributed by atoms with Crippen molar-refractivity contribution >= 4 is 17.4 Å². The summed E-state index contributed by atoms with van der Waals surface area (Å²) in [4.78, 5) is 0.0813. The lowest BCUT2D eigenvalue weighted by Gasteiger charge is -2.31. The van der Waals surface area contributed by atoms with Gasteiger partial charge in [-0.2, -0.15) is 8.42 Å². The van der Waals surface area contributed by atoms with E-state index in [-0.39, 0.29) is 4.90 Å². The fourth-order valence-corrected chi connectivity index (χ4v) is 2.56. The van der Waals surface area contributed by atoms with Crippen molar-refractivity contribution in [3.05, 3.63) is 29.8 Å². The van der Waals surface area contributed by atoms with Crippen LogP contribution in [-0.2, 0) is 23.5 Å². The van der Waals surface area contributed by atoms with Crippen molar-refractivity contribution in [3.63, 3.8) is 0 Å². The van der Waals surface area contributed by atoms with E-state index >= 15 is 0 Å². The minimum atomic E-state index is -3.91. The van der Waals surface area contributed by atoms with Crippen LogP contribution in [0.25, 0.3) is 0 Å². The Morgan fingerprint density at radius 1 is 1.00 bits per heavy atom. The SMILES string of the molecule is Cc1ccc(S(=O)(=O)OB2OC(C)(C)C(C)(C)O2)cc1. The monoisotopic (exact) mass is 298 g/mol. The molecule has 1 aliphatic rings. The zero-order chi connectivity index (χ0) is 15.2. The molecule has 110 valence electrons. The number of hydrogen-bond acceptors (Lipinski definition) is 5. The lowest BCUT2D eigenvalue weighted by molar-refractivity contribution is 0.00578. The van der Waals surface area contributed by atoms with Crippen molar-refractivity contribution in [2.75, 3.05) is 0 Å². The van der Waals surface area contributed by atoms with E-state index in [1.165, 1.54) is 12.1 Å². The largest absolute Gasteiger partial charge is 0.655 e. The predicted molar refractivity (Wildman–Crippen MR) is 75.5 cm³/mol. The van der Waals surface area contributed by atoms with Crippen LogP contribution in [0.4, 0.5) is 0 Å². The van der Waals surface area contributed by atoms with Gasteiger partial charge >= 0.3 is 7.32 Å². The van der Waals surface area contributed by atoms with Gasteiger partial charge in [0.05, 0.1) is 16.1 Å². The highest BCUT2D eigenvalue weighted by molar-refractivity contribution is 7.87. The highest BCUT2D eigenvalue weighted by Gasteiger charge is 2.54. The molecule has 0 bridgehead atoms. The zero-order valence-electron chi connectivity index (χ0n) is 12.3. The maximum Gasteiger partial charge on any atom is 0.655 e. The molecule has 1 aliphatic heterocycles. The normalized spacial score (nSPS) is 21.1. The van der Waals surface area contributed by atoms with E-state index < -0.39 is 28.6 Å². The Morgan fingerprint density at radius 2 is 1.45 bits per heavy atom. The molecule has 0 unspecified atom stereocenters. The summed E-state index contributed by atoms with van der Waals surface area (Å²) in [6, 6.07) is 6.41. The van der Waals surface area contributed by atoms with Gasteiger partial charge in [0.2, 0.25) is 0 Å². The van der Waals surface area contributed by atoms with Gasteiger partial charge in [-0.3, -0.25) is 4.10 Å². The quantitative estimate of drug-likeness (QED) is 0.801. The average Bonchev–Trinajstić information content (AvgIpc) is 2.46. The lowest BCUT2D eigenvalue weighted by Crippen LogP contribution is -2.41. The van der Waals surface area contributed by atoms with Crippen LogP contribution in [0.2, 0.25) is 0 Å². The van der Waals surface area contributed by atoms with Crippen molar-refractivity contribution in [2.24, 2.45) is 0 Å². The Bertz CT molecular complexity index is 576. The van der Waals surface area contributed by atoms with E-state index in [1.54, 1.807) is 12.1 Å². The molecular formula is C13H19BO5S. The van der Waals surface area contributed by atoms with Gasteiger partial charge in [-0.05, 0) is 46.8 Å². The third-order valence-corrected chi connectivity index (χ3v) is 5.01. The second-order valence-electron chi connectivity index (χ2n) is 5.91. The van der Waals surface area contributed by atoms with Gasteiger partial charge in [0.1, 0.15) is 0 Å². The first-order chi connectivity index (χ1) is 9.03. The molecule has 2 rings (SSSR count). The molecule has 1 aromatic rings. The Hall–Kier alpha value is -0.885. The smallest absolute Gasteiger partial charge is 0.377 e. The number of aryl methyl sites for hydroxylation is 1. The molecule has 1 fully saturated rings. The second-order valence-corrected chi connectivity index (χ2v) is 7.48. The average molecular weight is 298 g/mol. The summed E-state index contributed by atoms with van der Waals surface area (Å²) in [6.45, 7) is 9.19. The van der Waals surface area contributed by atoms with Crippen LogP contribution in [-0.4, -0.2) is 26.9 Å². The van der Waals surface area contributed by atoms with Crippen LogP contribution in [0, 0.1) is 6.92 Å².